The van der Waals surface area contributed by atoms with Gasteiger partial charge in [-0.3, -0.25) is 9.78 Å². The molecule has 0 atom stereocenters. The summed E-state index contributed by atoms with van der Waals surface area (Å²) in [6, 6.07) is 7.30. The molecule has 2 heterocycles. The third-order valence-corrected chi connectivity index (χ3v) is 3.92. The van der Waals surface area contributed by atoms with Crippen LogP contribution in [-0.4, -0.2) is 36.5 Å². The molecule has 1 aliphatic heterocycles. The summed E-state index contributed by atoms with van der Waals surface area (Å²) in [7, 11) is 3.69. The Labute approximate surface area is 129 Å². The summed E-state index contributed by atoms with van der Waals surface area (Å²) in [5.74, 6) is 0.652. The maximum absolute atomic E-state index is 12.5. The van der Waals surface area contributed by atoms with E-state index in [1.165, 1.54) is 0 Å². The molecule has 0 fully saturated rings. The third-order valence-electron chi connectivity index (χ3n) is 3.92. The zero-order valence-corrected chi connectivity index (χ0v) is 12.8. The molecule has 0 unspecified atom stereocenters. The highest BCUT2D eigenvalue weighted by molar-refractivity contribution is 6.05. The highest BCUT2D eigenvalue weighted by Crippen LogP contribution is 2.22. The van der Waals surface area contributed by atoms with Crippen LogP contribution in [0.1, 0.15) is 21.5 Å². The average molecular weight is 297 g/mol. The quantitative estimate of drug-likeness (QED) is 0.944. The molecule has 22 heavy (non-hydrogen) atoms. The van der Waals surface area contributed by atoms with Crippen LogP contribution in [-0.2, 0) is 13.0 Å². The van der Waals surface area contributed by atoms with Crippen LogP contribution < -0.4 is 10.1 Å². The number of aromatic nitrogens is 1. The first-order chi connectivity index (χ1) is 10.7. The number of methoxy groups -OCH3 is 1. The normalized spacial score (nSPS) is 14.3. The Balaban J connectivity index is 1.81. The number of carbonyl (C=O) groups excluding carboxylic acids is 1. The van der Waals surface area contributed by atoms with Crippen molar-refractivity contribution in [2.45, 2.75) is 13.0 Å². The Morgan fingerprint density at radius 2 is 2.05 bits per heavy atom. The number of nitrogens with zero attached hydrogens (tertiary/aromatic N) is 2. The Bertz CT molecular complexity index is 683. The number of pyridine rings is 1. The van der Waals surface area contributed by atoms with E-state index in [9.17, 15) is 4.79 Å². The van der Waals surface area contributed by atoms with Crippen molar-refractivity contribution < 1.29 is 9.53 Å². The lowest BCUT2D eigenvalue weighted by Crippen LogP contribution is -2.29. The second kappa shape index (κ2) is 6.15. The molecule has 3 rings (SSSR count). The Morgan fingerprint density at radius 1 is 1.27 bits per heavy atom. The summed E-state index contributed by atoms with van der Waals surface area (Å²) in [6.45, 7) is 1.80. The van der Waals surface area contributed by atoms with E-state index < -0.39 is 0 Å². The van der Waals surface area contributed by atoms with Crippen molar-refractivity contribution in [2.75, 3.05) is 26.0 Å². The number of hydrogen-bond acceptors (Lipinski definition) is 4. The van der Waals surface area contributed by atoms with Crippen molar-refractivity contribution in [3.05, 3.63) is 53.3 Å². The van der Waals surface area contributed by atoms with Crippen molar-refractivity contribution in [1.29, 1.82) is 0 Å². The second-order valence-electron chi connectivity index (χ2n) is 5.50. The number of carbonyl (C=O) groups is 1. The highest BCUT2D eigenvalue weighted by Gasteiger charge is 2.20. The molecule has 2 aromatic rings. The van der Waals surface area contributed by atoms with Crippen LogP contribution in [0.5, 0.6) is 5.75 Å². The van der Waals surface area contributed by atoms with Gasteiger partial charge in [0.2, 0.25) is 0 Å². The number of amides is 1. The fraction of sp³-hybridized carbons (Fsp3) is 0.294. The summed E-state index contributed by atoms with van der Waals surface area (Å²) >= 11 is 0. The van der Waals surface area contributed by atoms with E-state index in [2.05, 4.69) is 22.2 Å². The number of fused-ring (bicyclic) bond motifs is 1. The number of rotatable bonds is 3. The van der Waals surface area contributed by atoms with Crippen molar-refractivity contribution in [3.63, 3.8) is 0 Å². The molecule has 0 bridgehead atoms. The van der Waals surface area contributed by atoms with E-state index in [0.29, 0.717) is 5.56 Å². The van der Waals surface area contributed by atoms with Crippen LogP contribution in [0.3, 0.4) is 0 Å². The Hall–Kier alpha value is -2.40. The zero-order chi connectivity index (χ0) is 15.5. The van der Waals surface area contributed by atoms with Gasteiger partial charge in [0.1, 0.15) is 5.75 Å². The minimum absolute atomic E-state index is 0.112. The summed E-state index contributed by atoms with van der Waals surface area (Å²) < 4.78 is 5.12. The van der Waals surface area contributed by atoms with Gasteiger partial charge in [-0.1, -0.05) is 0 Å². The summed E-state index contributed by atoms with van der Waals surface area (Å²) in [5.41, 5.74) is 3.66. The fourth-order valence-corrected chi connectivity index (χ4v) is 2.70. The van der Waals surface area contributed by atoms with Crippen molar-refractivity contribution >= 4 is 11.6 Å². The van der Waals surface area contributed by atoms with Gasteiger partial charge in [0.25, 0.3) is 5.91 Å². The van der Waals surface area contributed by atoms with Gasteiger partial charge in [-0.05, 0) is 48.9 Å². The summed E-state index contributed by atoms with van der Waals surface area (Å²) in [5, 5.41) is 2.92. The molecule has 1 aromatic heterocycles. The minimum atomic E-state index is -0.112. The Kier molecular flexibility index (Phi) is 4.06. The lowest BCUT2D eigenvalue weighted by molar-refractivity contribution is 0.102. The third kappa shape index (κ3) is 2.94. The zero-order valence-electron chi connectivity index (χ0n) is 12.8. The van der Waals surface area contributed by atoms with Crippen LogP contribution in [0.15, 0.2) is 36.7 Å². The molecular formula is C17H19N3O2. The van der Waals surface area contributed by atoms with Crippen molar-refractivity contribution in [1.82, 2.24) is 9.88 Å². The smallest absolute Gasteiger partial charge is 0.257 e. The van der Waals surface area contributed by atoms with E-state index in [4.69, 9.17) is 4.74 Å². The molecule has 5 heteroatoms. The van der Waals surface area contributed by atoms with E-state index in [0.717, 1.165) is 42.1 Å². The average Bonchev–Trinajstić information content (AvgIpc) is 2.54. The topological polar surface area (TPSA) is 54.5 Å². The van der Waals surface area contributed by atoms with Crippen molar-refractivity contribution in [2.24, 2.45) is 0 Å². The number of hydrogen-bond donors (Lipinski definition) is 1. The molecule has 0 radical (unpaired) electrons. The first kappa shape index (κ1) is 14.5. The first-order valence-electron chi connectivity index (χ1n) is 7.27. The maximum Gasteiger partial charge on any atom is 0.257 e. The number of likely N-dealkylation sites (N-methyl/N-ethyl adjacent to an activating group) is 1. The van der Waals surface area contributed by atoms with Gasteiger partial charge in [-0.15, -0.1) is 0 Å². The number of nitrogens with one attached hydrogen (secondary N) is 1. The molecule has 1 aromatic carbocycles. The van der Waals surface area contributed by atoms with Crippen LogP contribution in [0.4, 0.5) is 5.69 Å². The number of benzene rings is 1. The van der Waals surface area contributed by atoms with Gasteiger partial charge in [0, 0.05) is 31.2 Å². The molecule has 1 aliphatic rings. The molecular weight excluding hydrogens is 278 g/mol. The number of ether oxygens (including phenoxy) is 1. The predicted molar refractivity (Wildman–Crippen MR) is 85.2 cm³/mol. The van der Waals surface area contributed by atoms with Gasteiger partial charge >= 0.3 is 0 Å². The van der Waals surface area contributed by atoms with Gasteiger partial charge in [0.15, 0.2) is 0 Å². The largest absolute Gasteiger partial charge is 0.497 e. The van der Waals surface area contributed by atoms with Gasteiger partial charge in [-0.2, -0.15) is 0 Å². The SMILES string of the molecule is COc1ccc(NC(=O)c2cncc3c2CCN(C)C3)cc1. The van der Waals surface area contributed by atoms with Gasteiger partial charge in [-0.25, -0.2) is 0 Å². The second-order valence-corrected chi connectivity index (χ2v) is 5.50. The van der Waals surface area contributed by atoms with E-state index in [-0.39, 0.29) is 5.91 Å². The van der Waals surface area contributed by atoms with E-state index >= 15 is 0 Å². The molecule has 0 aliphatic carbocycles. The maximum atomic E-state index is 12.5. The van der Waals surface area contributed by atoms with Gasteiger partial charge < -0.3 is 15.0 Å². The lowest BCUT2D eigenvalue weighted by atomic mass is 9.97. The van der Waals surface area contributed by atoms with Crippen LogP contribution in [0, 0.1) is 0 Å². The monoisotopic (exact) mass is 297 g/mol. The molecule has 0 spiro atoms. The molecule has 0 saturated carbocycles. The lowest BCUT2D eigenvalue weighted by Gasteiger charge is -2.26. The van der Waals surface area contributed by atoms with Crippen LogP contribution in [0.25, 0.3) is 0 Å². The van der Waals surface area contributed by atoms with Crippen LogP contribution >= 0.6 is 0 Å². The predicted octanol–water partition coefficient (Wildman–Crippen LogP) is 2.33. The van der Waals surface area contributed by atoms with Crippen molar-refractivity contribution in [3.8, 4) is 5.75 Å². The first-order valence-corrected chi connectivity index (χ1v) is 7.27. The minimum Gasteiger partial charge on any atom is -0.497 e. The number of anilines is 1. The Morgan fingerprint density at radius 3 is 2.77 bits per heavy atom. The molecule has 1 amide bonds. The summed E-state index contributed by atoms with van der Waals surface area (Å²) in [6.07, 6.45) is 4.39. The van der Waals surface area contributed by atoms with E-state index in [1.54, 1.807) is 13.3 Å². The molecule has 0 saturated heterocycles. The molecule has 114 valence electrons. The van der Waals surface area contributed by atoms with Crippen LogP contribution in [0.2, 0.25) is 0 Å². The standard InChI is InChI=1S/C17H19N3O2/c1-20-8-7-15-12(11-20)9-18-10-16(15)17(21)19-13-3-5-14(22-2)6-4-13/h3-6,9-10H,7-8,11H2,1-2H3,(H,19,21). The highest BCUT2D eigenvalue weighted by atomic mass is 16.5. The summed E-state index contributed by atoms with van der Waals surface area (Å²) in [4.78, 5) is 19.0. The molecule has 1 N–H and O–H groups in total. The fourth-order valence-electron chi connectivity index (χ4n) is 2.70. The molecule has 5 nitrogen and oxygen atoms in total. The van der Waals surface area contributed by atoms with E-state index in [1.807, 2.05) is 30.5 Å². The van der Waals surface area contributed by atoms with Gasteiger partial charge in [0.05, 0.1) is 12.7 Å².